The lowest BCUT2D eigenvalue weighted by molar-refractivity contribution is 0.0724. The molecule has 10 heteroatoms. The molecular weight excluding hydrogens is 456 g/mol. The summed E-state index contributed by atoms with van der Waals surface area (Å²) in [6, 6.07) is 12.1. The lowest BCUT2D eigenvalue weighted by Crippen LogP contribution is -2.35. The van der Waals surface area contributed by atoms with E-state index in [1.807, 2.05) is 4.90 Å². The SMILES string of the molecule is COc1ccc(OCc2nnc(C(=O)Nc3ccc(C(=O)N4CCCCC4)cc3)s2)cc1OC. The van der Waals surface area contributed by atoms with Gasteiger partial charge in [-0.2, -0.15) is 0 Å². The maximum absolute atomic E-state index is 12.6. The second-order valence-electron chi connectivity index (χ2n) is 7.69. The van der Waals surface area contributed by atoms with Crippen molar-refractivity contribution in [2.45, 2.75) is 25.9 Å². The average molecular weight is 483 g/mol. The van der Waals surface area contributed by atoms with Crippen molar-refractivity contribution in [2.24, 2.45) is 0 Å². The number of aromatic nitrogens is 2. The predicted octanol–water partition coefficient (Wildman–Crippen LogP) is 4.01. The molecule has 1 aliphatic rings. The van der Waals surface area contributed by atoms with Crippen LogP contribution in [0.5, 0.6) is 17.2 Å². The van der Waals surface area contributed by atoms with Crippen LogP contribution >= 0.6 is 11.3 Å². The number of amides is 2. The third-order valence-electron chi connectivity index (χ3n) is 5.41. The molecule has 0 atom stereocenters. The van der Waals surface area contributed by atoms with Gasteiger partial charge in [-0.3, -0.25) is 9.59 Å². The highest BCUT2D eigenvalue weighted by atomic mass is 32.1. The molecule has 0 bridgehead atoms. The molecule has 0 aliphatic carbocycles. The van der Waals surface area contributed by atoms with Gasteiger partial charge in [-0.1, -0.05) is 11.3 Å². The van der Waals surface area contributed by atoms with Crippen molar-refractivity contribution in [1.29, 1.82) is 0 Å². The van der Waals surface area contributed by atoms with E-state index in [1.165, 1.54) is 6.42 Å². The molecule has 1 saturated heterocycles. The van der Waals surface area contributed by atoms with Crippen LogP contribution in [0.15, 0.2) is 42.5 Å². The Hall–Kier alpha value is -3.66. The number of carbonyl (C=O) groups is 2. The number of ether oxygens (including phenoxy) is 3. The van der Waals surface area contributed by atoms with Crippen LogP contribution in [-0.2, 0) is 6.61 Å². The quantitative estimate of drug-likeness (QED) is 0.517. The van der Waals surface area contributed by atoms with E-state index in [1.54, 1.807) is 56.7 Å². The number of hydrogen-bond donors (Lipinski definition) is 1. The molecule has 1 fully saturated rings. The minimum Gasteiger partial charge on any atom is -0.493 e. The molecule has 0 unspecified atom stereocenters. The summed E-state index contributed by atoms with van der Waals surface area (Å²) in [7, 11) is 3.12. The molecule has 2 heterocycles. The van der Waals surface area contributed by atoms with Crippen LogP contribution in [-0.4, -0.2) is 54.2 Å². The number of nitrogens with zero attached hydrogens (tertiary/aromatic N) is 3. The lowest BCUT2D eigenvalue weighted by Gasteiger charge is -2.26. The number of anilines is 1. The molecule has 4 rings (SSSR count). The summed E-state index contributed by atoms with van der Waals surface area (Å²) in [5.74, 6) is 1.40. The van der Waals surface area contributed by atoms with Crippen LogP contribution in [0.3, 0.4) is 0 Å². The first-order valence-electron chi connectivity index (χ1n) is 11.0. The van der Waals surface area contributed by atoms with E-state index in [4.69, 9.17) is 14.2 Å². The zero-order chi connectivity index (χ0) is 23.9. The van der Waals surface area contributed by atoms with Gasteiger partial charge in [0.1, 0.15) is 12.4 Å². The largest absolute Gasteiger partial charge is 0.493 e. The number of piperidine rings is 1. The standard InChI is InChI=1S/C24H26N4O5S/c1-31-19-11-10-18(14-20(19)32-2)33-15-21-26-27-23(34-21)22(29)25-17-8-6-16(7-9-17)24(30)28-12-4-3-5-13-28/h6-11,14H,3-5,12-13,15H2,1-2H3,(H,25,29). The van der Waals surface area contributed by atoms with Gasteiger partial charge in [-0.15, -0.1) is 10.2 Å². The summed E-state index contributed by atoms with van der Waals surface area (Å²) in [5.41, 5.74) is 1.20. The monoisotopic (exact) mass is 482 g/mol. The van der Waals surface area contributed by atoms with E-state index in [2.05, 4.69) is 15.5 Å². The molecule has 2 amide bonds. The normalized spacial score (nSPS) is 13.3. The molecule has 178 valence electrons. The zero-order valence-electron chi connectivity index (χ0n) is 19.1. The van der Waals surface area contributed by atoms with Crippen molar-refractivity contribution in [3.05, 3.63) is 58.0 Å². The van der Waals surface area contributed by atoms with Gasteiger partial charge < -0.3 is 24.4 Å². The van der Waals surface area contributed by atoms with E-state index in [0.717, 1.165) is 37.3 Å². The first-order chi connectivity index (χ1) is 16.6. The smallest absolute Gasteiger partial charge is 0.286 e. The highest BCUT2D eigenvalue weighted by Crippen LogP contribution is 2.31. The Bertz CT molecular complexity index is 1140. The highest BCUT2D eigenvalue weighted by Gasteiger charge is 2.19. The maximum Gasteiger partial charge on any atom is 0.286 e. The molecule has 3 aromatic rings. The van der Waals surface area contributed by atoms with Gasteiger partial charge in [0, 0.05) is 30.4 Å². The van der Waals surface area contributed by atoms with Gasteiger partial charge in [0.15, 0.2) is 16.5 Å². The fourth-order valence-corrected chi connectivity index (χ4v) is 4.26. The van der Waals surface area contributed by atoms with Gasteiger partial charge in [0.25, 0.3) is 11.8 Å². The van der Waals surface area contributed by atoms with Crippen molar-refractivity contribution in [1.82, 2.24) is 15.1 Å². The maximum atomic E-state index is 12.6. The fraction of sp³-hybridized carbons (Fsp3) is 0.333. The van der Waals surface area contributed by atoms with Gasteiger partial charge >= 0.3 is 0 Å². The summed E-state index contributed by atoms with van der Waals surface area (Å²) in [4.78, 5) is 27.0. The zero-order valence-corrected chi connectivity index (χ0v) is 19.9. The number of benzene rings is 2. The summed E-state index contributed by atoms with van der Waals surface area (Å²) in [6.07, 6.45) is 3.26. The van der Waals surface area contributed by atoms with E-state index < -0.39 is 0 Å². The number of carbonyl (C=O) groups excluding carboxylic acids is 2. The van der Waals surface area contributed by atoms with Crippen LogP contribution < -0.4 is 19.5 Å². The number of likely N-dealkylation sites (tertiary alicyclic amines) is 1. The molecule has 0 saturated carbocycles. The molecule has 2 aromatic carbocycles. The van der Waals surface area contributed by atoms with Crippen LogP contribution in [0.1, 0.15) is 44.4 Å². The molecule has 1 N–H and O–H groups in total. The van der Waals surface area contributed by atoms with Crippen molar-refractivity contribution in [3.8, 4) is 17.2 Å². The first kappa shape index (κ1) is 23.5. The molecule has 34 heavy (non-hydrogen) atoms. The third kappa shape index (κ3) is 5.63. The van der Waals surface area contributed by atoms with Crippen LogP contribution in [0.2, 0.25) is 0 Å². The van der Waals surface area contributed by atoms with Gasteiger partial charge in [-0.05, 0) is 55.7 Å². The molecule has 0 spiro atoms. The van der Waals surface area contributed by atoms with Gasteiger partial charge in [0.2, 0.25) is 5.01 Å². The molecule has 9 nitrogen and oxygen atoms in total. The van der Waals surface area contributed by atoms with Crippen molar-refractivity contribution in [3.63, 3.8) is 0 Å². The van der Waals surface area contributed by atoms with Crippen molar-refractivity contribution >= 4 is 28.8 Å². The van der Waals surface area contributed by atoms with Crippen LogP contribution in [0.25, 0.3) is 0 Å². The Balaban J connectivity index is 1.32. The summed E-state index contributed by atoms with van der Waals surface area (Å²) in [5, 5.41) is 11.6. The number of rotatable bonds is 8. The van der Waals surface area contributed by atoms with E-state index in [0.29, 0.717) is 33.5 Å². The minimum atomic E-state index is -0.370. The summed E-state index contributed by atoms with van der Waals surface area (Å²) in [6.45, 7) is 1.76. The van der Waals surface area contributed by atoms with E-state index in [9.17, 15) is 9.59 Å². The lowest BCUT2D eigenvalue weighted by atomic mass is 10.1. The Morgan fingerprint density at radius 2 is 1.71 bits per heavy atom. The Kier molecular flexibility index (Phi) is 7.58. The number of nitrogens with one attached hydrogen (secondary N) is 1. The Morgan fingerprint density at radius 3 is 2.41 bits per heavy atom. The van der Waals surface area contributed by atoms with Crippen molar-refractivity contribution in [2.75, 3.05) is 32.6 Å². The number of hydrogen-bond acceptors (Lipinski definition) is 8. The number of methoxy groups -OCH3 is 2. The molecule has 1 aromatic heterocycles. The van der Waals surface area contributed by atoms with Gasteiger partial charge in [0.05, 0.1) is 14.2 Å². The Morgan fingerprint density at radius 1 is 0.971 bits per heavy atom. The molecular formula is C24H26N4O5S. The van der Waals surface area contributed by atoms with E-state index >= 15 is 0 Å². The van der Waals surface area contributed by atoms with Crippen LogP contribution in [0.4, 0.5) is 5.69 Å². The predicted molar refractivity (Wildman–Crippen MR) is 128 cm³/mol. The van der Waals surface area contributed by atoms with Crippen molar-refractivity contribution < 1.29 is 23.8 Å². The van der Waals surface area contributed by atoms with Crippen LogP contribution in [0, 0.1) is 0 Å². The average Bonchev–Trinajstić information content (AvgIpc) is 3.37. The molecule has 1 aliphatic heterocycles. The van der Waals surface area contributed by atoms with Gasteiger partial charge in [-0.25, -0.2) is 0 Å². The first-order valence-corrected chi connectivity index (χ1v) is 11.8. The summed E-state index contributed by atoms with van der Waals surface area (Å²) >= 11 is 1.15. The summed E-state index contributed by atoms with van der Waals surface area (Å²) < 4.78 is 16.2. The molecule has 0 radical (unpaired) electrons. The minimum absolute atomic E-state index is 0.0285. The second-order valence-corrected chi connectivity index (χ2v) is 8.75. The Labute approximate surface area is 201 Å². The third-order valence-corrected chi connectivity index (χ3v) is 6.31. The van der Waals surface area contributed by atoms with E-state index in [-0.39, 0.29) is 23.4 Å². The topological polar surface area (TPSA) is 103 Å². The second kappa shape index (κ2) is 11.0. The fourth-order valence-electron chi connectivity index (χ4n) is 3.62. The highest BCUT2D eigenvalue weighted by molar-refractivity contribution is 7.13.